The third kappa shape index (κ3) is 3.92. The van der Waals surface area contributed by atoms with Gasteiger partial charge in [-0.05, 0) is 37.0 Å². The lowest BCUT2D eigenvalue weighted by Gasteiger charge is -2.38. The number of aromatic nitrogens is 2. The van der Waals surface area contributed by atoms with Gasteiger partial charge in [0.25, 0.3) is 0 Å². The van der Waals surface area contributed by atoms with Gasteiger partial charge in [-0.25, -0.2) is 4.98 Å². The third-order valence-corrected chi connectivity index (χ3v) is 6.61. The average Bonchev–Trinajstić information content (AvgIpc) is 3.31. The summed E-state index contributed by atoms with van der Waals surface area (Å²) in [7, 11) is 0. The minimum absolute atomic E-state index is 0.0834. The number of imidazole rings is 1. The highest BCUT2D eigenvalue weighted by molar-refractivity contribution is 6.01. The lowest BCUT2D eigenvalue weighted by molar-refractivity contribution is -0.157. The number of piperidine rings is 2. The Kier molecular flexibility index (Phi) is 5.02. The van der Waals surface area contributed by atoms with Crippen LogP contribution in [0.15, 0.2) is 18.7 Å². The van der Waals surface area contributed by atoms with Crippen molar-refractivity contribution in [2.75, 3.05) is 19.6 Å². The molecular weight excluding hydrogens is 344 g/mol. The summed E-state index contributed by atoms with van der Waals surface area (Å²) in [4.78, 5) is 44.8. The molecule has 1 aromatic heterocycles. The van der Waals surface area contributed by atoms with Crippen molar-refractivity contribution in [2.24, 2.45) is 11.3 Å². The molecule has 1 saturated carbocycles. The second kappa shape index (κ2) is 7.44. The van der Waals surface area contributed by atoms with Crippen molar-refractivity contribution in [3.05, 3.63) is 18.7 Å². The molecule has 3 fully saturated rings. The van der Waals surface area contributed by atoms with Crippen LogP contribution < -0.4 is 0 Å². The number of hydrogen-bond acceptors (Lipinski definition) is 4. The first-order chi connectivity index (χ1) is 13.0. The summed E-state index contributed by atoms with van der Waals surface area (Å²) in [6.45, 7) is 2.23. The van der Waals surface area contributed by atoms with E-state index in [1.165, 1.54) is 4.90 Å². The van der Waals surface area contributed by atoms with Crippen LogP contribution in [0.2, 0.25) is 0 Å². The number of amides is 3. The van der Waals surface area contributed by atoms with Gasteiger partial charge in [0.1, 0.15) is 6.54 Å². The Morgan fingerprint density at radius 2 is 1.78 bits per heavy atom. The highest BCUT2D eigenvalue weighted by Crippen LogP contribution is 2.46. The van der Waals surface area contributed by atoms with Gasteiger partial charge < -0.3 is 9.47 Å². The number of carbonyl (C=O) groups excluding carboxylic acids is 3. The Balaban J connectivity index is 1.28. The van der Waals surface area contributed by atoms with Gasteiger partial charge >= 0.3 is 0 Å². The monoisotopic (exact) mass is 372 g/mol. The summed E-state index contributed by atoms with van der Waals surface area (Å²) in [6.07, 6.45) is 12.4. The molecule has 2 aliphatic heterocycles. The summed E-state index contributed by atoms with van der Waals surface area (Å²) in [6, 6.07) is 0. The van der Waals surface area contributed by atoms with Gasteiger partial charge in [-0.1, -0.05) is 12.8 Å². The second-order valence-electron chi connectivity index (χ2n) is 8.52. The van der Waals surface area contributed by atoms with E-state index in [2.05, 4.69) is 9.55 Å². The van der Waals surface area contributed by atoms with Crippen molar-refractivity contribution >= 4 is 17.7 Å². The molecule has 2 saturated heterocycles. The molecule has 1 aromatic rings. The molecule has 0 atom stereocenters. The summed E-state index contributed by atoms with van der Waals surface area (Å²) >= 11 is 0. The molecule has 7 nitrogen and oxygen atoms in total. The van der Waals surface area contributed by atoms with Crippen LogP contribution in [0.5, 0.6) is 0 Å². The number of rotatable bonds is 4. The van der Waals surface area contributed by atoms with E-state index in [0.29, 0.717) is 31.8 Å². The smallest absolute Gasteiger partial charge is 0.242 e. The molecule has 3 amide bonds. The largest absolute Gasteiger partial charge is 0.341 e. The summed E-state index contributed by atoms with van der Waals surface area (Å²) in [5.74, 6) is 0.122. The van der Waals surface area contributed by atoms with Crippen molar-refractivity contribution in [3.8, 4) is 0 Å². The lowest BCUT2D eigenvalue weighted by atomic mass is 9.76. The molecule has 4 rings (SSSR count). The molecule has 1 spiro atoms. The molecule has 3 aliphatic rings. The molecule has 0 N–H and O–H groups in total. The van der Waals surface area contributed by atoms with Gasteiger partial charge in [-0.15, -0.1) is 0 Å². The SMILES string of the molecule is O=C(CN1C(=O)CC2(CCCC2)CC1=O)N1CCC(Cn2ccnc2)CC1. The second-order valence-corrected chi connectivity index (χ2v) is 8.52. The van der Waals surface area contributed by atoms with Crippen LogP contribution >= 0.6 is 0 Å². The summed E-state index contributed by atoms with van der Waals surface area (Å²) in [5, 5.41) is 0. The highest BCUT2D eigenvalue weighted by atomic mass is 16.2. The molecule has 146 valence electrons. The quantitative estimate of drug-likeness (QED) is 0.756. The first-order valence-electron chi connectivity index (χ1n) is 10.1. The molecule has 27 heavy (non-hydrogen) atoms. The number of likely N-dealkylation sites (tertiary alicyclic amines) is 2. The Hall–Kier alpha value is -2.18. The predicted octanol–water partition coefficient (Wildman–Crippen LogP) is 1.83. The van der Waals surface area contributed by atoms with Gasteiger partial charge in [0.2, 0.25) is 17.7 Å². The lowest BCUT2D eigenvalue weighted by Crippen LogP contribution is -2.52. The first kappa shape index (κ1) is 18.2. The maximum Gasteiger partial charge on any atom is 0.242 e. The van der Waals surface area contributed by atoms with Crippen LogP contribution in [0.25, 0.3) is 0 Å². The van der Waals surface area contributed by atoms with E-state index in [0.717, 1.165) is 45.1 Å². The average molecular weight is 372 g/mol. The number of nitrogens with zero attached hydrogens (tertiary/aromatic N) is 4. The molecular formula is C20H28N4O3. The van der Waals surface area contributed by atoms with Crippen molar-refractivity contribution < 1.29 is 14.4 Å². The Labute approximate surface area is 159 Å². The Morgan fingerprint density at radius 1 is 1.11 bits per heavy atom. The van der Waals surface area contributed by atoms with Gasteiger partial charge in [-0.2, -0.15) is 0 Å². The fraction of sp³-hybridized carbons (Fsp3) is 0.700. The molecule has 3 heterocycles. The van der Waals surface area contributed by atoms with E-state index in [1.807, 2.05) is 17.4 Å². The zero-order valence-corrected chi connectivity index (χ0v) is 15.8. The molecule has 1 aliphatic carbocycles. The van der Waals surface area contributed by atoms with Crippen LogP contribution in [0.4, 0.5) is 0 Å². The molecule has 0 aromatic carbocycles. The van der Waals surface area contributed by atoms with Gasteiger partial charge in [0.05, 0.1) is 6.33 Å². The standard InChI is InChI=1S/C20H28N4O3/c25-17-11-20(5-1-2-6-20)12-18(26)24(17)14-19(27)23-8-3-16(4-9-23)13-22-10-7-21-15-22/h7,10,15-16H,1-6,8-9,11-14H2. The maximum atomic E-state index is 12.7. The fourth-order valence-electron chi connectivity index (χ4n) is 4.98. The van der Waals surface area contributed by atoms with E-state index in [1.54, 1.807) is 6.20 Å². The summed E-state index contributed by atoms with van der Waals surface area (Å²) in [5.41, 5.74) is -0.112. The zero-order chi connectivity index (χ0) is 18.9. The number of carbonyl (C=O) groups is 3. The number of imide groups is 1. The van der Waals surface area contributed by atoms with Crippen molar-refractivity contribution in [1.82, 2.24) is 19.4 Å². The molecule has 0 bridgehead atoms. The van der Waals surface area contributed by atoms with Crippen LogP contribution in [0.3, 0.4) is 0 Å². The Morgan fingerprint density at radius 3 is 2.37 bits per heavy atom. The maximum absolute atomic E-state index is 12.7. The van der Waals surface area contributed by atoms with Gasteiger partial charge in [0.15, 0.2) is 0 Å². The van der Waals surface area contributed by atoms with E-state index in [9.17, 15) is 14.4 Å². The van der Waals surface area contributed by atoms with E-state index in [4.69, 9.17) is 0 Å². The molecule has 0 radical (unpaired) electrons. The number of hydrogen-bond donors (Lipinski definition) is 0. The minimum atomic E-state index is -0.156. The van der Waals surface area contributed by atoms with Gasteiger partial charge in [-0.3, -0.25) is 19.3 Å². The van der Waals surface area contributed by atoms with Crippen molar-refractivity contribution in [3.63, 3.8) is 0 Å². The molecule has 0 unspecified atom stereocenters. The fourth-order valence-corrected chi connectivity index (χ4v) is 4.98. The Bertz CT molecular complexity index is 681. The van der Waals surface area contributed by atoms with Crippen molar-refractivity contribution in [2.45, 2.75) is 57.9 Å². The first-order valence-corrected chi connectivity index (χ1v) is 10.1. The minimum Gasteiger partial charge on any atom is -0.341 e. The zero-order valence-electron chi connectivity index (χ0n) is 15.8. The van der Waals surface area contributed by atoms with Crippen LogP contribution in [0, 0.1) is 11.3 Å². The molecule has 7 heteroatoms. The van der Waals surface area contributed by atoms with Crippen molar-refractivity contribution in [1.29, 1.82) is 0 Å². The third-order valence-electron chi connectivity index (χ3n) is 6.61. The van der Waals surface area contributed by atoms with E-state index in [-0.39, 0.29) is 29.7 Å². The topological polar surface area (TPSA) is 75.5 Å². The van der Waals surface area contributed by atoms with Crippen LogP contribution in [-0.4, -0.2) is 56.7 Å². The predicted molar refractivity (Wildman–Crippen MR) is 98.4 cm³/mol. The highest BCUT2D eigenvalue weighted by Gasteiger charge is 2.45. The normalized spacial score (nSPS) is 23.4. The van der Waals surface area contributed by atoms with E-state index >= 15 is 0 Å². The van der Waals surface area contributed by atoms with Crippen LogP contribution in [0.1, 0.15) is 51.4 Å². The summed E-state index contributed by atoms with van der Waals surface area (Å²) < 4.78 is 2.08. The van der Waals surface area contributed by atoms with Crippen LogP contribution in [-0.2, 0) is 20.9 Å². The van der Waals surface area contributed by atoms with Gasteiger partial charge in [0, 0.05) is 44.9 Å². The van der Waals surface area contributed by atoms with E-state index < -0.39 is 0 Å².